The Balaban J connectivity index is 1.15. The summed E-state index contributed by atoms with van der Waals surface area (Å²) >= 11 is 0. The summed E-state index contributed by atoms with van der Waals surface area (Å²) in [6.45, 7) is 4.65. The summed E-state index contributed by atoms with van der Waals surface area (Å²) in [5, 5.41) is 17.3. The van der Waals surface area contributed by atoms with Crippen molar-refractivity contribution in [2.75, 3.05) is 29.9 Å². The first kappa shape index (κ1) is 28.7. The maximum atomic E-state index is 13.2. The molecule has 2 N–H and O–H groups in total. The highest BCUT2D eigenvalue weighted by atomic mass is 19.4. The van der Waals surface area contributed by atoms with Gasteiger partial charge in [-0.2, -0.15) is 13.2 Å². The van der Waals surface area contributed by atoms with E-state index in [9.17, 15) is 28.1 Å². The summed E-state index contributed by atoms with van der Waals surface area (Å²) in [7, 11) is 0. The second-order valence-corrected chi connectivity index (χ2v) is 10.5. The summed E-state index contributed by atoms with van der Waals surface area (Å²) in [5.41, 5.74) is 1.72. The number of benzene rings is 2. The number of halogens is 3. The fraction of sp³-hybridized carbons (Fsp3) is 0.536. The van der Waals surface area contributed by atoms with E-state index in [0.717, 1.165) is 57.3 Å². The van der Waals surface area contributed by atoms with E-state index in [2.05, 4.69) is 15.5 Å². The third-order valence-electron chi connectivity index (χ3n) is 7.64. The number of nitrogens with one attached hydrogen (secondary N) is 2. The Morgan fingerprint density at radius 3 is 2.31 bits per heavy atom. The first-order valence-corrected chi connectivity index (χ1v) is 13.3. The number of rotatable bonds is 8. The largest absolute Gasteiger partial charge is 0.416 e. The molecule has 8 nitrogen and oxygen atoms in total. The van der Waals surface area contributed by atoms with Gasteiger partial charge in [-0.3, -0.25) is 14.9 Å². The van der Waals surface area contributed by atoms with Crippen LogP contribution >= 0.6 is 0 Å². The second kappa shape index (κ2) is 12.2. The van der Waals surface area contributed by atoms with Crippen LogP contribution in [0.15, 0.2) is 36.4 Å². The smallest absolute Gasteiger partial charge is 0.382 e. The number of anilines is 2. The Morgan fingerprint density at radius 1 is 1.00 bits per heavy atom. The van der Waals surface area contributed by atoms with Crippen molar-refractivity contribution >= 4 is 23.0 Å². The average molecular weight is 549 g/mol. The summed E-state index contributed by atoms with van der Waals surface area (Å²) in [6.07, 6.45) is 0.0823. The van der Waals surface area contributed by atoms with E-state index in [1.54, 1.807) is 19.1 Å². The van der Waals surface area contributed by atoms with Crippen LogP contribution in [0.4, 0.5) is 30.2 Å². The van der Waals surface area contributed by atoms with Crippen molar-refractivity contribution in [2.24, 2.45) is 0 Å². The molecular formula is C28H35F3N4O4. The van der Waals surface area contributed by atoms with Gasteiger partial charge in [0.1, 0.15) is 6.61 Å². The molecule has 0 unspecified atom stereocenters. The minimum absolute atomic E-state index is 0.0164. The predicted molar refractivity (Wildman–Crippen MR) is 143 cm³/mol. The van der Waals surface area contributed by atoms with Crippen molar-refractivity contribution < 1.29 is 27.6 Å². The molecule has 1 heterocycles. The van der Waals surface area contributed by atoms with Gasteiger partial charge in [-0.15, -0.1) is 0 Å². The van der Waals surface area contributed by atoms with Crippen LogP contribution in [0.25, 0.3) is 0 Å². The maximum absolute atomic E-state index is 13.2. The lowest BCUT2D eigenvalue weighted by Gasteiger charge is -2.34. The van der Waals surface area contributed by atoms with Gasteiger partial charge in [0.25, 0.3) is 5.69 Å². The molecule has 1 saturated heterocycles. The van der Waals surface area contributed by atoms with Gasteiger partial charge >= 0.3 is 6.18 Å². The summed E-state index contributed by atoms with van der Waals surface area (Å²) in [6, 6.07) is 9.57. The topological polar surface area (TPSA) is 96.7 Å². The summed E-state index contributed by atoms with van der Waals surface area (Å²) in [5.74, 6) is -0.154. The fourth-order valence-corrected chi connectivity index (χ4v) is 5.41. The molecule has 212 valence electrons. The zero-order chi connectivity index (χ0) is 28.2. The highest BCUT2D eigenvalue weighted by molar-refractivity contribution is 5.77. The number of nitro groups is 1. The molecule has 4 rings (SSSR count). The minimum atomic E-state index is -4.38. The van der Waals surface area contributed by atoms with Crippen molar-refractivity contribution in [3.63, 3.8) is 0 Å². The molecular weight excluding hydrogens is 513 g/mol. The van der Waals surface area contributed by atoms with E-state index < -0.39 is 11.7 Å². The van der Waals surface area contributed by atoms with E-state index in [-0.39, 0.29) is 46.9 Å². The van der Waals surface area contributed by atoms with Crippen molar-refractivity contribution in [1.82, 2.24) is 5.32 Å². The lowest BCUT2D eigenvalue weighted by atomic mass is 9.92. The average Bonchev–Trinajstić information content (AvgIpc) is 2.89. The predicted octanol–water partition coefficient (Wildman–Crippen LogP) is 5.76. The molecule has 0 radical (unpaired) electrons. The zero-order valence-electron chi connectivity index (χ0n) is 22.2. The van der Waals surface area contributed by atoms with Gasteiger partial charge in [0.05, 0.1) is 16.6 Å². The monoisotopic (exact) mass is 548 g/mol. The van der Waals surface area contributed by atoms with Gasteiger partial charge in [-0.1, -0.05) is 6.07 Å². The zero-order valence-corrected chi connectivity index (χ0v) is 22.2. The third kappa shape index (κ3) is 7.62. The van der Waals surface area contributed by atoms with Gasteiger partial charge in [-0.05, 0) is 82.2 Å². The van der Waals surface area contributed by atoms with Gasteiger partial charge in [-0.25, -0.2) is 0 Å². The third-order valence-corrected chi connectivity index (χ3v) is 7.64. The van der Waals surface area contributed by atoms with Gasteiger partial charge in [0.2, 0.25) is 5.91 Å². The molecule has 1 saturated carbocycles. The Bertz CT molecular complexity index is 1170. The Kier molecular flexibility index (Phi) is 8.99. The Labute approximate surface area is 226 Å². The van der Waals surface area contributed by atoms with Crippen molar-refractivity contribution in [3.05, 3.63) is 63.2 Å². The van der Waals surface area contributed by atoms with Crippen LogP contribution in [-0.4, -0.2) is 48.7 Å². The summed E-state index contributed by atoms with van der Waals surface area (Å²) in [4.78, 5) is 25.3. The number of carbonyl (C=O) groups is 1. The van der Waals surface area contributed by atoms with Crippen molar-refractivity contribution in [2.45, 2.75) is 76.7 Å². The molecule has 1 aliphatic carbocycles. The first-order valence-electron chi connectivity index (χ1n) is 13.3. The lowest BCUT2D eigenvalue weighted by molar-refractivity contribution is -0.385. The quantitative estimate of drug-likeness (QED) is 0.322. The van der Waals surface area contributed by atoms with Crippen LogP contribution in [-0.2, 0) is 15.7 Å². The number of ether oxygens (including phenoxy) is 1. The molecule has 1 aliphatic heterocycles. The normalized spacial score (nSPS) is 20.5. The number of hydrogen-bond donors (Lipinski definition) is 2. The first-order chi connectivity index (χ1) is 18.5. The molecule has 1 amide bonds. The number of amides is 1. The SMILES string of the molecule is Cc1cc(N2CCC(NC(=O)COC3CCC(Nc4ccc(C)c(C(F)(F)F)c4)CC3)CC2)ccc1[N+](=O)[O-]. The van der Waals surface area contributed by atoms with Crippen LogP contribution in [0.3, 0.4) is 0 Å². The fourth-order valence-electron chi connectivity index (χ4n) is 5.41. The molecule has 0 bridgehead atoms. The van der Waals surface area contributed by atoms with E-state index in [1.807, 2.05) is 6.07 Å². The highest BCUT2D eigenvalue weighted by Gasteiger charge is 2.33. The van der Waals surface area contributed by atoms with Crippen molar-refractivity contribution in [3.8, 4) is 0 Å². The number of nitro benzene ring substituents is 1. The molecule has 0 aromatic heterocycles. The van der Waals surface area contributed by atoms with Crippen molar-refractivity contribution in [1.29, 1.82) is 0 Å². The number of nitrogens with zero attached hydrogens (tertiary/aromatic N) is 2. The maximum Gasteiger partial charge on any atom is 0.416 e. The van der Waals surface area contributed by atoms with E-state index >= 15 is 0 Å². The standard InChI is InChI=1S/C28H35F3N4O4/c1-18-3-4-22(16-25(18)28(29,30)31)32-20-5-8-24(9-6-20)39-17-27(36)33-21-11-13-34(14-12-21)23-7-10-26(35(37)38)19(2)15-23/h3-4,7,10,15-16,20-21,24,32H,5-6,8-9,11-14,17H2,1-2H3,(H,33,36). The summed E-state index contributed by atoms with van der Waals surface area (Å²) < 4.78 is 45.4. The van der Waals surface area contributed by atoms with E-state index in [0.29, 0.717) is 11.3 Å². The second-order valence-electron chi connectivity index (χ2n) is 10.5. The molecule has 2 aliphatic rings. The molecule has 0 atom stereocenters. The molecule has 2 aromatic rings. The Hall–Kier alpha value is -3.34. The molecule has 39 heavy (non-hydrogen) atoms. The Morgan fingerprint density at radius 2 is 1.69 bits per heavy atom. The number of alkyl halides is 3. The number of carbonyl (C=O) groups excluding carboxylic acids is 1. The number of hydrogen-bond acceptors (Lipinski definition) is 6. The molecule has 2 aromatic carbocycles. The minimum Gasteiger partial charge on any atom is -0.382 e. The number of piperidine rings is 1. The molecule has 0 spiro atoms. The van der Waals surface area contributed by atoms with Gasteiger partial charge in [0, 0.05) is 48.2 Å². The van der Waals surface area contributed by atoms with Crippen LogP contribution in [0.1, 0.15) is 55.2 Å². The van der Waals surface area contributed by atoms with Crippen LogP contribution in [0, 0.1) is 24.0 Å². The van der Waals surface area contributed by atoms with Gasteiger partial charge in [0.15, 0.2) is 0 Å². The van der Waals surface area contributed by atoms with Crippen LogP contribution in [0.2, 0.25) is 0 Å². The van der Waals surface area contributed by atoms with Crippen LogP contribution < -0.4 is 15.5 Å². The van der Waals surface area contributed by atoms with Crippen LogP contribution in [0.5, 0.6) is 0 Å². The molecule has 2 fully saturated rings. The van der Waals surface area contributed by atoms with E-state index in [4.69, 9.17) is 4.74 Å². The number of aryl methyl sites for hydroxylation is 2. The molecule has 11 heteroatoms. The lowest BCUT2D eigenvalue weighted by Crippen LogP contribution is -2.46. The van der Waals surface area contributed by atoms with Gasteiger partial charge < -0.3 is 20.3 Å². The van der Waals surface area contributed by atoms with E-state index in [1.165, 1.54) is 25.1 Å². The highest BCUT2D eigenvalue weighted by Crippen LogP contribution is 2.34.